The monoisotopic (exact) mass is 344 g/mol. The lowest BCUT2D eigenvalue weighted by atomic mass is 9.88. The lowest BCUT2D eigenvalue weighted by Crippen LogP contribution is -2.52. The number of aromatic nitrogens is 1. The Morgan fingerprint density at radius 3 is 2.72 bits per heavy atom. The van der Waals surface area contributed by atoms with Gasteiger partial charge in [0.05, 0.1) is 11.3 Å². The predicted octanol–water partition coefficient (Wildman–Crippen LogP) is -0.586. The van der Waals surface area contributed by atoms with Crippen LogP contribution in [-0.2, 0) is 21.7 Å². The minimum absolute atomic E-state index is 0.229. The van der Waals surface area contributed by atoms with Crippen molar-refractivity contribution in [1.29, 1.82) is 0 Å². The number of nitrogens with zero attached hydrogens (tertiary/aromatic N) is 2. The summed E-state index contributed by atoms with van der Waals surface area (Å²) in [6.07, 6.45) is 3.21. The van der Waals surface area contributed by atoms with Gasteiger partial charge in [-0.1, -0.05) is 0 Å². The summed E-state index contributed by atoms with van der Waals surface area (Å²) in [4.78, 5) is 41.8. The van der Waals surface area contributed by atoms with Crippen molar-refractivity contribution in [2.75, 3.05) is 13.1 Å². The van der Waals surface area contributed by atoms with Crippen molar-refractivity contribution in [3.63, 3.8) is 0 Å². The van der Waals surface area contributed by atoms with Crippen molar-refractivity contribution in [2.24, 2.45) is 0 Å². The van der Waals surface area contributed by atoms with Crippen LogP contribution in [0, 0.1) is 0 Å². The fourth-order valence-electron chi connectivity index (χ4n) is 3.81. The highest BCUT2D eigenvalue weighted by Gasteiger charge is 2.40. The molecule has 4 heterocycles. The van der Waals surface area contributed by atoms with Crippen molar-refractivity contribution in [2.45, 2.75) is 43.9 Å². The molecule has 1 atom stereocenters. The van der Waals surface area contributed by atoms with Crippen molar-refractivity contribution < 1.29 is 19.5 Å². The van der Waals surface area contributed by atoms with Crippen LogP contribution in [0.25, 0.3) is 0 Å². The highest BCUT2D eigenvalue weighted by atomic mass is 16.3. The van der Waals surface area contributed by atoms with E-state index in [-0.39, 0.29) is 18.2 Å². The van der Waals surface area contributed by atoms with Gasteiger partial charge < -0.3 is 15.3 Å². The van der Waals surface area contributed by atoms with E-state index < -0.39 is 17.6 Å². The van der Waals surface area contributed by atoms with Gasteiger partial charge >= 0.3 is 0 Å². The van der Waals surface area contributed by atoms with Crippen molar-refractivity contribution in [3.8, 4) is 0 Å². The number of aliphatic hydroxyl groups is 1. The number of hydrogen-bond acceptors (Lipinski definition) is 6. The Kier molecular flexibility index (Phi) is 3.81. The minimum Gasteiger partial charge on any atom is -0.383 e. The number of hydrogen-bond donors (Lipinski definition) is 3. The molecular weight excluding hydrogens is 324 g/mol. The second kappa shape index (κ2) is 5.89. The van der Waals surface area contributed by atoms with E-state index in [1.165, 1.54) is 11.1 Å². The number of pyridine rings is 1. The molecule has 3 N–H and O–H groups in total. The van der Waals surface area contributed by atoms with Crippen LogP contribution < -0.4 is 10.6 Å². The molecular formula is C17H20N4O4. The number of carbonyl (C=O) groups excluding carboxylic acids is 3. The Balaban J connectivity index is 1.59. The van der Waals surface area contributed by atoms with Gasteiger partial charge in [-0.05, 0) is 44.0 Å². The fraction of sp³-hybridized carbons (Fsp3) is 0.529. The van der Waals surface area contributed by atoms with E-state index in [1.54, 1.807) is 6.07 Å². The molecule has 8 nitrogen and oxygen atoms in total. The number of carbonyl (C=O) groups is 3. The van der Waals surface area contributed by atoms with Gasteiger partial charge in [0.1, 0.15) is 11.6 Å². The quantitative estimate of drug-likeness (QED) is 0.619. The Bertz CT molecular complexity index is 757. The van der Waals surface area contributed by atoms with Crippen LogP contribution in [0.15, 0.2) is 12.3 Å². The molecule has 2 fully saturated rings. The highest BCUT2D eigenvalue weighted by molar-refractivity contribution is 6.05. The largest absolute Gasteiger partial charge is 0.383 e. The number of nitrogens with one attached hydrogen (secondary N) is 2. The van der Waals surface area contributed by atoms with E-state index in [0.717, 1.165) is 18.7 Å². The molecule has 2 saturated heterocycles. The van der Waals surface area contributed by atoms with Gasteiger partial charge in [0.25, 0.3) is 5.91 Å². The molecule has 1 aromatic heterocycles. The van der Waals surface area contributed by atoms with Crippen LogP contribution in [0.2, 0.25) is 0 Å². The zero-order valence-corrected chi connectivity index (χ0v) is 13.7. The first kappa shape index (κ1) is 16.2. The van der Waals surface area contributed by atoms with Gasteiger partial charge in [0.15, 0.2) is 0 Å². The Morgan fingerprint density at radius 1 is 1.24 bits per heavy atom. The summed E-state index contributed by atoms with van der Waals surface area (Å²) in [5.41, 5.74) is 0.828. The zero-order valence-electron chi connectivity index (χ0n) is 13.7. The van der Waals surface area contributed by atoms with Gasteiger partial charge in [0.2, 0.25) is 11.8 Å². The molecule has 3 aliphatic heterocycles. The molecule has 0 spiro atoms. The number of piperidine rings is 2. The van der Waals surface area contributed by atoms with Crippen molar-refractivity contribution in [3.05, 3.63) is 29.1 Å². The highest BCUT2D eigenvalue weighted by Crippen LogP contribution is 2.33. The van der Waals surface area contributed by atoms with Crippen LogP contribution in [-0.4, -0.2) is 51.8 Å². The minimum atomic E-state index is -0.981. The van der Waals surface area contributed by atoms with E-state index in [1.807, 2.05) is 0 Å². The van der Waals surface area contributed by atoms with Crippen molar-refractivity contribution in [1.82, 2.24) is 20.5 Å². The Hall–Kier alpha value is -2.32. The molecule has 0 aromatic carbocycles. The van der Waals surface area contributed by atoms with Gasteiger partial charge in [0, 0.05) is 19.2 Å². The fourth-order valence-corrected chi connectivity index (χ4v) is 3.81. The van der Waals surface area contributed by atoms with E-state index >= 15 is 0 Å². The molecule has 0 aliphatic carbocycles. The first-order valence-corrected chi connectivity index (χ1v) is 8.55. The maximum Gasteiger partial charge on any atom is 0.256 e. The SMILES string of the molecule is O=C1CCC(N2Cc3cc(C4(O)CCNCC4)ncc3C2=O)C(=O)N1. The first-order chi connectivity index (χ1) is 12.0. The number of fused-ring (bicyclic) bond motifs is 1. The summed E-state index contributed by atoms with van der Waals surface area (Å²) in [6.45, 7) is 1.73. The third-order valence-corrected chi connectivity index (χ3v) is 5.32. The smallest absolute Gasteiger partial charge is 0.256 e. The summed E-state index contributed by atoms with van der Waals surface area (Å²) < 4.78 is 0. The topological polar surface area (TPSA) is 112 Å². The van der Waals surface area contributed by atoms with Crippen LogP contribution in [0.1, 0.15) is 47.3 Å². The summed E-state index contributed by atoms with van der Waals surface area (Å²) in [7, 11) is 0. The van der Waals surface area contributed by atoms with Crippen LogP contribution in [0.3, 0.4) is 0 Å². The van der Waals surface area contributed by atoms with Crippen molar-refractivity contribution >= 4 is 17.7 Å². The Morgan fingerprint density at radius 2 is 2.00 bits per heavy atom. The number of rotatable bonds is 2. The zero-order chi connectivity index (χ0) is 17.6. The molecule has 0 radical (unpaired) electrons. The van der Waals surface area contributed by atoms with Gasteiger partial charge in [-0.25, -0.2) is 0 Å². The molecule has 132 valence electrons. The van der Waals surface area contributed by atoms with E-state index in [4.69, 9.17) is 0 Å². The molecule has 3 aliphatic rings. The average molecular weight is 344 g/mol. The third-order valence-electron chi connectivity index (χ3n) is 5.32. The van der Waals surface area contributed by atoms with Crippen LogP contribution >= 0.6 is 0 Å². The van der Waals surface area contributed by atoms with Crippen LogP contribution in [0.5, 0.6) is 0 Å². The third kappa shape index (κ3) is 2.71. The molecule has 3 amide bonds. The second-order valence-electron chi connectivity index (χ2n) is 6.91. The molecule has 1 unspecified atom stereocenters. The maximum absolute atomic E-state index is 12.6. The van der Waals surface area contributed by atoms with E-state index in [9.17, 15) is 19.5 Å². The molecule has 8 heteroatoms. The number of imide groups is 1. The summed E-state index contributed by atoms with van der Waals surface area (Å²) in [5, 5.41) is 16.3. The lowest BCUT2D eigenvalue weighted by Gasteiger charge is -2.32. The maximum atomic E-state index is 12.6. The predicted molar refractivity (Wildman–Crippen MR) is 86.3 cm³/mol. The molecule has 1 aromatic rings. The van der Waals surface area contributed by atoms with Crippen LogP contribution in [0.4, 0.5) is 0 Å². The first-order valence-electron chi connectivity index (χ1n) is 8.55. The average Bonchev–Trinajstić information content (AvgIpc) is 2.92. The summed E-state index contributed by atoms with van der Waals surface area (Å²) in [6, 6.07) is 1.15. The normalized spacial score (nSPS) is 25.7. The Labute approximate surface area is 144 Å². The standard InChI is InChI=1S/C17H20N4O4/c22-14-2-1-12(15(23)20-14)21-9-10-7-13(19-8-11(10)16(21)24)17(25)3-5-18-6-4-17/h7-8,12,18,25H,1-6,9H2,(H,20,22,23). The number of amides is 3. The summed E-state index contributed by atoms with van der Waals surface area (Å²) in [5.74, 6) is -0.981. The van der Waals surface area contributed by atoms with Gasteiger partial charge in [-0.3, -0.25) is 24.7 Å². The van der Waals surface area contributed by atoms with Gasteiger partial charge in [-0.2, -0.15) is 0 Å². The molecule has 0 saturated carbocycles. The van der Waals surface area contributed by atoms with E-state index in [0.29, 0.717) is 37.1 Å². The second-order valence-corrected chi connectivity index (χ2v) is 6.91. The lowest BCUT2D eigenvalue weighted by molar-refractivity contribution is -0.136. The van der Waals surface area contributed by atoms with Gasteiger partial charge in [-0.15, -0.1) is 0 Å². The molecule has 0 bridgehead atoms. The summed E-state index contributed by atoms with van der Waals surface area (Å²) >= 11 is 0. The molecule has 25 heavy (non-hydrogen) atoms. The van der Waals surface area contributed by atoms with E-state index in [2.05, 4.69) is 15.6 Å². The molecule has 4 rings (SSSR count).